The zero-order chi connectivity index (χ0) is 12.6. The Labute approximate surface area is 97.6 Å². The second-order valence-electron chi connectivity index (χ2n) is 3.50. The Morgan fingerprint density at radius 2 is 2.00 bits per heavy atom. The molecule has 0 radical (unpaired) electrons. The molecule has 1 aliphatic heterocycles. The lowest BCUT2D eigenvalue weighted by Gasteiger charge is -2.23. The number of hydrogen-bond acceptors (Lipinski definition) is 7. The van der Waals surface area contributed by atoms with E-state index in [4.69, 9.17) is 15.2 Å². The monoisotopic (exact) mass is 239 g/mol. The molecule has 1 aliphatic rings. The SMILES string of the molecule is COc1c(N)c2c(c(O)c1OC)CN(O)C=N2. The number of hydroxylamine groups is 2. The van der Waals surface area contributed by atoms with E-state index in [9.17, 15) is 10.3 Å². The van der Waals surface area contributed by atoms with Gasteiger partial charge in [-0.3, -0.25) is 5.21 Å². The molecule has 0 unspecified atom stereocenters. The first kappa shape index (κ1) is 11.3. The van der Waals surface area contributed by atoms with Gasteiger partial charge in [-0.25, -0.2) is 10.1 Å². The van der Waals surface area contributed by atoms with Crippen molar-refractivity contribution in [2.24, 2.45) is 4.99 Å². The van der Waals surface area contributed by atoms with Crippen LogP contribution in [0.2, 0.25) is 0 Å². The average molecular weight is 239 g/mol. The molecule has 0 saturated heterocycles. The number of rotatable bonds is 2. The van der Waals surface area contributed by atoms with Gasteiger partial charge in [0.05, 0.1) is 20.8 Å². The summed E-state index contributed by atoms with van der Waals surface area (Å²) in [5, 5.41) is 20.2. The molecule has 4 N–H and O–H groups in total. The maximum Gasteiger partial charge on any atom is 0.205 e. The van der Waals surface area contributed by atoms with Crippen molar-refractivity contribution in [3.8, 4) is 17.2 Å². The molecular formula is C10H13N3O4. The van der Waals surface area contributed by atoms with Crippen LogP contribution in [0, 0.1) is 0 Å². The summed E-state index contributed by atoms with van der Waals surface area (Å²) in [4.78, 5) is 3.95. The van der Waals surface area contributed by atoms with Gasteiger partial charge < -0.3 is 20.3 Å². The molecule has 1 aromatic carbocycles. The fourth-order valence-corrected chi connectivity index (χ4v) is 1.77. The highest BCUT2D eigenvalue weighted by molar-refractivity contribution is 5.85. The summed E-state index contributed by atoms with van der Waals surface area (Å²) in [5.74, 6) is 0.228. The Morgan fingerprint density at radius 1 is 1.35 bits per heavy atom. The standard InChI is InChI=1S/C10H13N3O4/c1-16-9-6(11)7-5(3-13(15)4-12-7)8(14)10(9)17-2/h4,14-15H,3,11H2,1-2H3. The van der Waals surface area contributed by atoms with E-state index in [1.54, 1.807) is 0 Å². The van der Waals surface area contributed by atoms with E-state index in [1.807, 2.05) is 0 Å². The van der Waals surface area contributed by atoms with Crippen LogP contribution >= 0.6 is 0 Å². The molecule has 0 bridgehead atoms. The largest absolute Gasteiger partial charge is 0.504 e. The van der Waals surface area contributed by atoms with Gasteiger partial charge in [0.25, 0.3) is 0 Å². The van der Waals surface area contributed by atoms with Crippen LogP contribution in [0.25, 0.3) is 0 Å². The van der Waals surface area contributed by atoms with Gasteiger partial charge in [0.1, 0.15) is 17.7 Å². The number of nitrogens with zero attached hydrogens (tertiary/aromatic N) is 2. The molecule has 0 amide bonds. The smallest absolute Gasteiger partial charge is 0.205 e. The molecule has 1 heterocycles. The third kappa shape index (κ3) is 1.60. The Balaban J connectivity index is 2.72. The van der Waals surface area contributed by atoms with E-state index in [2.05, 4.69) is 4.99 Å². The van der Waals surface area contributed by atoms with Gasteiger partial charge in [-0.1, -0.05) is 0 Å². The minimum absolute atomic E-state index is 0.0786. The van der Waals surface area contributed by atoms with Gasteiger partial charge in [-0.05, 0) is 0 Å². The second kappa shape index (κ2) is 4.02. The molecule has 1 aromatic rings. The fourth-order valence-electron chi connectivity index (χ4n) is 1.77. The van der Waals surface area contributed by atoms with Crippen LogP contribution in [-0.4, -0.2) is 35.9 Å². The second-order valence-corrected chi connectivity index (χ2v) is 3.50. The van der Waals surface area contributed by atoms with E-state index in [-0.39, 0.29) is 29.5 Å². The lowest BCUT2D eigenvalue weighted by atomic mass is 10.1. The van der Waals surface area contributed by atoms with Crippen LogP contribution in [-0.2, 0) is 6.54 Å². The molecule has 7 nitrogen and oxygen atoms in total. The first-order valence-electron chi connectivity index (χ1n) is 4.85. The third-order valence-electron chi connectivity index (χ3n) is 2.54. The van der Waals surface area contributed by atoms with Crippen molar-refractivity contribution in [2.75, 3.05) is 20.0 Å². The van der Waals surface area contributed by atoms with Crippen molar-refractivity contribution < 1.29 is 19.8 Å². The highest BCUT2D eigenvalue weighted by atomic mass is 16.5. The van der Waals surface area contributed by atoms with Crippen LogP contribution in [0.1, 0.15) is 5.56 Å². The summed E-state index contributed by atoms with van der Waals surface area (Å²) >= 11 is 0. The molecule has 7 heteroatoms. The molecule has 0 aromatic heterocycles. The maximum atomic E-state index is 10.0. The summed E-state index contributed by atoms with van der Waals surface area (Å²) in [7, 11) is 2.82. The minimum atomic E-state index is -0.135. The first-order chi connectivity index (χ1) is 8.10. The predicted molar refractivity (Wildman–Crippen MR) is 61.1 cm³/mol. The van der Waals surface area contributed by atoms with Gasteiger partial charge in [0.2, 0.25) is 5.75 Å². The number of ether oxygens (including phenoxy) is 2. The Morgan fingerprint density at radius 3 is 2.59 bits per heavy atom. The van der Waals surface area contributed by atoms with Crippen LogP contribution < -0.4 is 15.2 Å². The van der Waals surface area contributed by atoms with Gasteiger partial charge in [0.15, 0.2) is 11.5 Å². The molecule has 0 aliphatic carbocycles. The number of phenolic OH excluding ortho intramolecular Hbond substituents is 1. The van der Waals surface area contributed by atoms with E-state index >= 15 is 0 Å². The predicted octanol–water partition coefficient (Wildman–Crippen LogP) is 0.856. The van der Waals surface area contributed by atoms with Crippen molar-refractivity contribution in [3.05, 3.63) is 5.56 Å². The summed E-state index contributed by atoms with van der Waals surface area (Å²) in [6.45, 7) is 0.0786. The number of phenols is 1. The van der Waals surface area contributed by atoms with Crippen LogP contribution in [0.4, 0.5) is 11.4 Å². The summed E-state index contributed by atoms with van der Waals surface area (Å²) in [6, 6.07) is 0. The van der Waals surface area contributed by atoms with Crippen molar-refractivity contribution in [1.29, 1.82) is 0 Å². The molecule has 0 saturated carbocycles. The molecule has 0 fully saturated rings. The van der Waals surface area contributed by atoms with Crippen LogP contribution in [0.3, 0.4) is 0 Å². The lowest BCUT2D eigenvalue weighted by molar-refractivity contribution is -0.0184. The number of methoxy groups -OCH3 is 2. The quantitative estimate of drug-likeness (QED) is 0.522. The van der Waals surface area contributed by atoms with E-state index in [0.717, 1.165) is 5.06 Å². The Hall–Kier alpha value is -2.15. The Bertz CT molecular complexity index is 487. The number of fused-ring (bicyclic) bond motifs is 1. The summed E-state index contributed by atoms with van der Waals surface area (Å²) < 4.78 is 10.1. The maximum absolute atomic E-state index is 10.0. The van der Waals surface area contributed by atoms with Crippen molar-refractivity contribution in [2.45, 2.75) is 6.54 Å². The Kier molecular flexibility index (Phi) is 2.68. The van der Waals surface area contributed by atoms with Gasteiger partial charge in [0, 0.05) is 5.56 Å². The van der Waals surface area contributed by atoms with E-state index in [1.165, 1.54) is 20.6 Å². The molecule has 92 valence electrons. The topological polar surface area (TPSA) is 101 Å². The molecule has 0 atom stereocenters. The molecule has 0 spiro atoms. The number of hydrogen-bond donors (Lipinski definition) is 3. The van der Waals surface area contributed by atoms with Crippen LogP contribution in [0.5, 0.6) is 17.2 Å². The highest BCUT2D eigenvalue weighted by Gasteiger charge is 2.26. The molecule has 2 rings (SSSR count). The zero-order valence-electron chi connectivity index (χ0n) is 9.47. The lowest BCUT2D eigenvalue weighted by Crippen LogP contribution is -2.20. The fraction of sp³-hybridized carbons (Fsp3) is 0.300. The summed E-state index contributed by atoms with van der Waals surface area (Å²) in [5.41, 5.74) is 6.91. The van der Waals surface area contributed by atoms with Gasteiger partial charge >= 0.3 is 0 Å². The number of nitrogens with two attached hydrogens (primary N) is 1. The molecular weight excluding hydrogens is 226 g/mol. The van der Waals surface area contributed by atoms with E-state index < -0.39 is 0 Å². The number of aromatic hydroxyl groups is 1. The number of nitrogen functional groups attached to an aromatic ring is 1. The van der Waals surface area contributed by atoms with Crippen molar-refractivity contribution in [1.82, 2.24) is 5.06 Å². The zero-order valence-corrected chi connectivity index (χ0v) is 9.47. The average Bonchev–Trinajstić information content (AvgIpc) is 2.33. The minimum Gasteiger partial charge on any atom is -0.504 e. The molecule has 17 heavy (non-hydrogen) atoms. The normalized spacial score (nSPS) is 13.5. The third-order valence-corrected chi connectivity index (χ3v) is 2.54. The van der Waals surface area contributed by atoms with E-state index in [0.29, 0.717) is 11.3 Å². The van der Waals surface area contributed by atoms with Crippen molar-refractivity contribution in [3.63, 3.8) is 0 Å². The van der Waals surface area contributed by atoms with Crippen LogP contribution in [0.15, 0.2) is 4.99 Å². The number of benzene rings is 1. The van der Waals surface area contributed by atoms with Gasteiger partial charge in [-0.2, -0.15) is 0 Å². The number of aliphatic imine (C=N–C) groups is 1. The summed E-state index contributed by atoms with van der Waals surface area (Å²) in [6.07, 6.45) is 1.21. The number of anilines is 1. The van der Waals surface area contributed by atoms with Crippen molar-refractivity contribution >= 4 is 17.7 Å². The van der Waals surface area contributed by atoms with Gasteiger partial charge in [-0.15, -0.1) is 0 Å². The first-order valence-corrected chi connectivity index (χ1v) is 4.85. The highest BCUT2D eigenvalue weighted by Crippen LogP contribution is 2.50.